The van der Waals surface area contributed by atoms with Crippen molar-refractivity contribution in [1.29, 1.82) is 0 Å². The average Bonchev–Trinajstić information content (AvgIpc) is 2.82. The molecule has 1 aromatic heterocycles. The lowest BCUT2D eigenvalue weighted by Gasteiger charge is -2.13. The molecule has 4 aromatic rings. The number of fused-ring (bicyclic) bond motifs is 1. The quantitative estimate of drug-likeness (QED) is 0.217. The standard InChI is InChI=1S/C24H20ClN3O4S2/c25-18-9-7-17(8-10-18)22(29)15-33-24-27-21-4-2-1-3-20(21)23(30)28(24)14-13-16-5-11-19(12-6-16)34(26,31)32/h1-12H,13-15H2,(H2,26,31,32). The van der Waals surface area contributed by atoms with Crippen LogP contribution in [0.2, 0.25) is 5.02 Å². The molecule has 4 rings (SSSR count). The second kappa shape index (κ2) is 10.1. The van der Waals surface area contributed by atoms with Crippen LogP contribution in [0.5, 0.6) is 0 Å². The number of aryl methyl sites for hydroxylation is 1. The van der Waals surface area contributed by atoms with Gasteiger partial charge in [-0.2, -0.15) is 0 Å². The minimum atomic E-state index is -3.77. The lowest BCUT2D eigenvalue weighted by atomic mass is 10.1. The highest BCUT2D eigenvalue weighted by Crippen LogP contribution is 2.21. The number of nitrogens with zero attached hydrogens (tertiary/aromatic N) is 2. The fraction of sp³-hybridized carbons (Fsp3) is 0.125. The zero-order valence-electron chi connectivity index (χ0n) is 17.8. The molecule has 174 valence electrons. The summed E-state index contributed by atoms with van der Waals surface area (Å²) in [5, 5.41) is 6.62. The molecule has 0 saturated carbocycles. The summed E-state index contributed by atoms with van der Waals surface area (Å²) in [6.07, 6.45) is 0.462. The van der Waals surface area contributed by atoms with Crippen molar-refractivity contribution in [2.45, 2.75) is 23.0 Å². The van der Waals surface area contributed by atoms with E-state index in [1.165, 1.54) is 23.9 Å². The van der Waals surface area contributed by atoms with Crippen LogP contribution in [0.4, 0.5) is 0 Å². The zero-order chi connectivity index (χ0) is 24.3. The monoisotopic (exact) mass is 513 g/mol. The Morgan fingerprint density at radius 3 is 2.35 bits per heavy atom. The van der Waals surface area contributed by atoms with Crippen molar-refractivity contribution in [3.63, 3.8) is 0 Å². The second-order valence-corrected chi connectivity index (χ2v) is 10.5. The number of aromatic nitrogens is 2. The Morgan fingerprint density at radius 2 is 1.68 bits per heavy atom. The molecule has 0 radical (unpaired) electrons. The highest BCUT2D eigenvalue weighted by molar-refractivity contribution is 7.99. The molecule has 1 heterocycles. The summed E-state index contributed by atoms with van der Waals surface area (Å²) >= 11 is 7.10. The molecule has 0 aliphatic rings. The van der Waals surface area contributed by atoms with Gasteiger partial charge in [-0.15, -0.1) is 0 Å². The molecular formula is C24H20ClN3O4S2. The number of hydrogen-bond acceptors (Lipinski definition) is 6. The lowest BCUT2D eigenvalue weighted by Crippen LogP contribution is -2.24. The molecule has 3 aromatic carbocycles. The molecule has 0 amide bonds. The third-order valence-electron chi connectivity index (χ3n) is 5.20. The van der Waals surface area contributed by atoms with E-state index in [4.69, 9.17) is 16.7 Å². The van der Waals surface area contributed by atoms with E-state index in [9.17, 15) is 18.0 Å². The third kappa shape index (κ3) is 5.56. The summed E-state index contributed by atoms with van der Waals surface area (Å²) in [5.41, 5.74) is 1.72. The average molecular weight is 514 g/mol. The first-order valence-electron chi connectivity index (χ1n) is 10.3. The van der Waals surface area contributed by atoms with Crippen LogP contribution in [0.25, 0.3) is 10.9 Å². The van der Waals surface area contributed by atoms with Gasteiger partial charge in [-0.3, -0.25) is 14.2 Å². The Hall–Kier alpha value is -2.98. The molecule has 7 nitrogen and oxygen atoms in total. The first-order valence-corrected chi connectivity index (χ1v) is 13.2. The number of benzene rings is 3. The van der Waals surface area contributed by atoms with Gasteiger partial charge < -0.3 is 0 Å². The van der Waals surface area contributed by atoms with Crippen LogP contribution in [-0.2, 0) is 23.0 Å². The van der Waals surface area contributed by atoms with Crippen LogP contribution >= 0.6 is 23.4 Å². The second-order valence-electron chi connectivity index (χ2n) is 7.53. The van der Waals surface area contributed by atoms with E-state index in [-0.39, 0.29) is 22.0 Å². The fourth-order valence-electron chi connectivity index (χ4n) is 3.39. The summed E-state index contributed by atoms with van der Waals surface area (Å²) in [6.45, 7) is 0.308. The predicted molar refractivity (Wildman–Crippen MR) is 134 cm³/mol. The number of halogens is 1. The van der Waals surface area contributed by atoms with Gasteiger partial charge in [-0.05, 0) is 60.5 Å². The van der Waals surface area contributed by atoms with Crippen LogP contribution in [-0.4, -0.2) is 29.5 Å². The molecule has 0 fully saturated rings. The molecule has 0 aliphatic heterocycles. The number of nitrogens with two attached hydrogens (primary N) is 1. The van der Waals surface area contributed by atoms with Crippen molar-refractivity contribution in [3.8, 4) is 0 Å². The largest absolute Gasteiger partial charge is 0.293 e. The Balaban J connectivity index is 1.60. The van der Waals surface area contributed by atoms with Crippen LogP contribution in [0.15, 0.2) is 87.6 Å². The van der Waals surface area contributed by atoms with E-state index in [1.54, 1.807) is 65.2 Å². The number of Topliss-reactive ketones (excluding diaryl/α,β-unsaturated/α-hetero) is 1. The SMILES string of the molecule is NS(=O)(=O)c1ccc(CCn2c(SCC(=O)c3ccc(Cl)cc3)nc3ccccc3c2=O)cc1. The van der Waals surface area contributed by atoms with Gasteiger partial charge in [0.1, 0.15) is 0 Å². The van der Waals surface area contributed by atoms with E-state index >= 15 is 0 Å². The molecule has 0 atom stereocenters. The first-order chi connectivity index (χ1) is 16.2. The van der Waals surface area contributed by atoms with Crippen molar-refractivity contribution in [2.75, 3.05) is 5.75 Å². The van der Waals surface area contributed by atoms with Crippen LogP contribution < -0.4 is 10.7 Å². The van der Waals surface area contributed by atoms with Crippen molar-refractivity contribution in [3.05, 3.63) is 99.3 Å². The number of para-hydroxylation sites is 1. The van der Waals surface area contributed by atoms with Gasteiger partial charge >= 0.3 is 0 Å². The van der Waals surface area contributed by atoms with Gasteiger partial charge in [0.05, 0.1) is 21.6 Å². The van der Waals surface area contributed by atoms with Gasteiger partial charge in [0.15, 0.2) is 10.9 Å². The van der Waals surface area contributed by atoms with E-state index in [2.05, 4.69) is 4.98 Å². The fourth-order valence-corrected chi connectivity index (χ4v) is 4.95. The number of rotatable bonds is 8. The lowest BCUT2D eigenvalue weighted by molar-refractivity contribution is 0.102. The Bertz CT molecular complexity index is 1520. The molecule has 2 N–H and O–H groups in total. The number of carbonyl (C=O) groups excluding carboxylic acids is 1. The maximum atomic E-state index is 13.2. The zero-order valence-corrected chi connectivity index (χ0v) is 20.2. The van der Waals surface area contributed by atoms with E-state index in [0.29, 0.717) is 39.6 Å². The molecule has 0 spiro atoms. The maximum Gasteiger partial charge on any atom is 0.262 e. The van der Waals surface area contributed by atoms with E-state index < -0.39 is 10.0 Å². The van der Waals surface area contributed by atoms with Gasteiger partial charge in [0.25, 0.3) is 5.56 Å². The number of primary sulfonamides is 1. The normalized spacial score (nSPS) is 11.6. The number of thioether (sulfide) groups is 1. The van der Waals surface area contributed by atoms with E-state index in [1.807, 2.05) is 0 Å². The predicted octanol–water partition coefficient (Wildman–Crippen LogP) is 3.92. The topological polar surface area (TPSA) is 112 Å². The number of carbonyl (C=O) groups is 1. The van der Waals surface area contributed by atoms with Crippen LogP contribution in [0.3, 0.4) is 0 Å². The maximum absolute atomic E-state index is 13.2. The van der Waals surface area contributed by atoms with Gasteiger partial charge in [-0.1, -0.05) is 47.6 Å². The summed E-state index contributed by atoms with van der Waals surface area (Å²) < 4.78 is 24.5. The van der Waals surface area contributed by atoms with Crippen LogP contribution in [0.1, 0.15) is 15.9 Å². The van der Waals surface area contributed by atoms with Crippen molar-refractivity contribution in [2.24, 2.45) is 5.14 Å². The highest BCUT2D eigenvalue weighted by Gasteiger charge is 2.15. The van der Waals surface area contributed by atoms with Gasteiger partial charge in [0, 0.05) is 17.1 Å². The first kappa shape index (κ1) is 24.2. The van der Waals surface area contributed by atoms with Gasteiger partial charge in [0.2, 0.25) is 10.0 Å². The number of hydrogen-bond donors (Lipinski definition) is 1. The molecule has 0 unspecified atom stereocenters. The molecule has 10 heteroatoms. The Kier molecular flexibility index (Phi) is 7.18. The molecule has 34 heavy (non-hydrogen) atoms. The van der Waals surface area contributed by atoms with Gasteiger partial charge in [-0.25, -0.2) is 18.5 Å². The summed E-state index contributed by atoms with van der Waals surface area (Å²) in [6, 6.07) is 19.9. The molecule has 0 bridgehead atoms. The minimum absolute atomic E-state index is 0.0257. The molecular weight excluding hydrogens is 494 g/mol. The van der Waals surface area contributed by atoms with Crippen molar-refractivity contribution in [1.82, 2.24) is 9.55 Å². The summed E-state index contributed by atoms with van der Waals surface area (Å²) in [4.78, 5) is 30.5. The summed E-state index contributed by atoms with van der Waals surface area (Å²) in [7, 11) is -3.77. The Labute approximate surface area is 205 Å². The molecule has 0 saturated heterocycles. The molecule has 0 aliphatic carbocycles. The minimum Gasteiger partial charge on any atom is -0.293 e. The summed E-state index contributed by atoms with van der Waals surface area (Å²) in [5.74, 6) is 0.00403. The Morgan fingerprint density at radius 1 is 1.00 bits per heavy atom. The van der Waals surface area contributed by atoms with E-state index in [0.717, 1.165) is 5.56 Å². The number of sulfonamides is 1. The van der Waals surface area contributed by atoms with Crippen molar-refractivity contribution < 1.29 is 13.2 Å². The van der Waals surface area contributed by atoms with Crippen molar-refractivity contribution >= 4 is 50.1 Å². The highest BCUT2D eigenvalue weighted by atomic mass is 35.5. The smallest absolute Gasteiger partial charge is 0.262 e. The number of ketones is 1. The van der Waals surface area contributed by atoms with Crippen LogP contribution in [0, 0.1) is 0 Å². The third-order valence-corrected chi connectivity index (χ3v) is 7.36.